The molecule has 8 aliphatic carbocycles. The highest BCUT2D eigenvalue weighted by molar-refractivity contribution is 5.57. The predicted molar refractivity (Wildman–Crippen MR) is 436 cm³/mol. The van der Waals surface area contributed by atoms with Crippen LogP contribution in [0.1, 0.15) is 122 Å². The molecule has 0 amide bonds. The summed E-state index contributed by atoms with van der Waals surface area (Å²) in [6, 6.07) is 90.8. The van der Waals surface area contributed by atoms with Crippen LogP contribution in [0.15, 0.2) is 291 Å². The van der Waals surface area contributed by atoms with Gasteiger partial charge >= 0.3 is 22.7 Å². The second-order valence-corrected chi connectivity index (χ2v) is 32.8. The first kappa shape index (κ1) is 74.1. The van der Waals surface area contributed by atoms with Gasteiger partial charge in [0.05, 0.1) is 19.7 Å². The van der Waals surface area contributed by atoms with Gasteiger partial charge in [0.1, 0.15) is 72.4 Å². The quantitative estimate of drug-likeness (QED) is 0.0312. The van der Waals surface area contributed by atoms with Crippen LogP contribution >= 0.6 is 0 Å². The fourth-order valence-electron chi connectivity index (χ4n) is 21.6. The average molecular weight is 1550 g/mol. The summed E-state index contributed by atoms with van der Waals surface area (Å²) in [5.74, 6) is 5.04. The first-order valence-electron chi connectivity index (χ1n) is 39.3. The molecule has 0 radical (unpaired) electrons. The number of benzene rings is 12. The Balaban J connectivity index is 0.707. The van der Waals surface area contributed by atoms with Crippen LogP contribution in [0.3, 0.4) is 0 Å². The van der Waals surface area contributed by atoms with Gasteiger partial charge in [-0.15, -0.1) is 0 Å². The molecule has 0 saturated heterocycles. The Morgan fingerprint density at radius 2 is 0.457 bits per heavy atom. The van der Waals surface area contributed by atoms with E-state index in [4.69, 9.17) is 37.9 Å². The zero-order valence-electron chi connectivity index (χ0n) is 63.5. The zero-order valence-corrected chi connectivity index (χ0v) is 63.5. The predicted octanol–water partition coefficient (Wildman–Crippen LogP) is 23.8. The van der Waals surface area contributed by atoms with E-state index in [2.05, 4.69) is 48.5 Å². The average Bonchev–Trinajstić information content (AvgIpc) is 0.653. The van der Waals surface area contributed by atoms with Crippen molar-refractivity contribution in [2.75, 3.05) is 0 Å². The van der Waals surface area contributed by atoms with Crippen molar-refractivity contribution in [1.82, 2.24) is 0 Å². The maximum absolute atomic E-state index is 12.3. The molecule has 12 aromatic rings. The Labute approximate surface area is 669 Å². The molecule has 4 atom stereocenters. The fourth-order valence-corrected chi connectivity index (χ4v) is 21.6. The summed E-state index contributed by atoms with van der Waals surface area (Å²) in [6.07, 6.45) is 11.8. The summed E-state index contributed by atoms with van der Waals surface area (Å²) < 4.78 is 50.8. The first-order chi connectivity index (χ1) is 56.4. The summed E-state index contributed by atoms with van der Waals surface area (Å²) in [5, 5.41) is 49.4. The van der Waals surface area contributed by atoms with Crippen molar-refractivity contribution in [3.05, 3.63) is 376 Å². The van der Waals surface area contributed by atoms with Crippen LogP contribution in [-0.2, 0) is 48.1 Å². The molecule has 0 aromatic heterocycles. The molecule has 20 nitrogen and oxygen atoms in total. The highest BCUT2D eigenvalue weighted by atomic mass is 16.6. The van der Waals surface area contributed by atoms with E-state index in [0.29, 0.717) is 57.8 Å². The van der Waals surface area contributed by atoms with Crippen molar-refractivity contribution in [2.24, 2.45) is 22.7 Å². The topological polar surface area (TPSA) is 246 Å². The maximum Gasteiger partial charge on any atom is 0.311 e. The number of rotatable bonds is 29. The van der Waals surface area contributed by atoms with Crippen LogP contribution < -0.4 is 37.9 Å². The molecular formula is C96H82N4O16. The molecule has 0 spiro atoms. The van der Waals surface area contributed by atoms with Crippen LogP contribution in [0, 0.1) is 63.1 Å². The van der Waals surface area contributed by atoms with Crippen molar-refractivity contribution in [1.29, 1.82) is 0 Å². The highest BCUT2D eigenvalue weighted by Crippen LogP contribution is 2.82. The molecule has 0 aliphatic heterocycles. The Hall–Kier alpha value is -13.4. The third-order valence-corrected chi connectivity index (χ3v) is 25.5. The molecule has 4 unspecified atom stereocenters. The standard InChI is InChI=1S/C96H82N4O16/c101-97(102)83-41-37-79(45-87(83)109-55-65-13-5-1-6-14-65)113-75-29-21-71(22-30-75)91-49-69-50-92(59-91,72-23-31-76(32-24-72)114-80-38-42-84(98(103)104)88(46-80)110-56-66-15-7-2-8-16-66)62-95(53-69,61-91)96-54-70-51-93(63-96,73-25-33-77(34-26-73)115-81-39-43-85(99(105)106)89(47-81)111-57-67-17-9-3-10-18-67)60-94(52-70,64-96)74-27-35-78(36-28-74)116-82-40-44-86(100(107)108)90(48-82)112-58-68-19-11-4-12-20-68/h1-48,69-70H,49-64H2. The van der Waals surface area contributed by atoms with Crippen molar-refractivity contribution < 1.29 is 57.6 Å². The van der Waals surface area contributed by atoms with Gasteiger partial charge in [0.15, 0.2) is 0 Å². The third kappa shape index (κ3) is 14.6. The molecule has 12 aromatic carbocycles. The van der Waals surface area contributed by atoms with E-state index in [-0.39, 0.29) is 105 Å². The molecular weight excluding hydrogens is 1470 g/mol. The number of hydrogen-bond donors (Lipinski definition) is 0. The van der Waals surface area contributed by atoms with E-state index in [1.165, 1.54) is 46.5 Å². The second-order valence-electron chi connectivity index (χ2n) is 32.8. The minimum Gasteiger partial charge on any atom is -0.482 e. The molecule has 582 valence electrons. The van der Waals surface area contributed by atoms with Crippen LogP contribution in [0.2, 0.25) is 0 Å². The summed E-state index contributed by atoms with van der Waals surface area (Å²) in [7, 11) is 0. The van der Waals surface area contributed by atoms with Gasteiger partial charge in [0.25, 0.3) is 0 Å². The minimum absolute atomic E-state index is 0.102. The summed E-state index contributed by atoms with van der Waals surface area (Å²) in [6.45, 7) is 0.544. The van der Waals surface area contributed by atoms with Gasteiger partial charge in [-0.2, -0.15) is 0 Å². The van der Waals surface area contributed by atoms with Crippen molar-refractivity contribution >= 4 is 22.7 Å². The lowest BCUT2D eigenvalue weighted by Crippen LogP contribution is -2.70. The largest absolute Gasteiger partial charge is 0.482 e. The van der Waals surface area contributed by atoms with E-state index < -0.39 is 19.7 Å². The Kier molecular flexibility index (Phi) is 19.3. The number of nitro groups is 4. The lowest BCUT2D eigenvalue weighted by atomic mass is 9.26. The van der Waals surface area contributed by atoms with Crippen LogP contribution in [0.5, 0.6) is 69.0 Å². The third-order valence-electron chi connectivity index (χ3n) is 25.5. The summed E-state index contributed by atoms with van der Waals surface area (Å²) >= 11 is 0. The van der Waals surface area contributed by atoms with E-state index >= 15 is 0 Å². The van der Waals surface area contributed by atoms with Gasteiger partial charge < -0.3 is 37.9 Å². The SMILES string of the molecule is O=[N+]([O-])c1ccc(Oc2ccc(C34CC5CC(c6ccc(Oc7ccc([N+](=O)[O-])c(OCc8ccccc8)c7)cc6)(C3)CC(C36CC7CC(c8ccc(Oc9ccc([N+](=O)[O-])c(OCc%10ccccc%10)c9)cc8)(CC(c8ccc(Oc9ccc([N+](=O)[O-])c(OCc%10ccccc%10)c9)cc8)(C7)C3)C6)(C5)C4)cc2)cc1OCc1ccccc1. The lowest BCUT2D eigenvalue weighted by Gasteiger charge is -2.77. The van der Waals surface area contributed by atoms with Gasteiger partial charge in [0, 0.05) is 48.5 Å². The maximum atomic E-state index is 12.3. The Morgan fingerprint density at radius 1 is 0.250 bits per heavy atom. The lowest BCUT2D eigenvalue weighted by molar-refractivity contribution is -0.386. The number of nitrogens with zero attached hydrogens (tertiary/aromatic N) is 4. The number of hydrogen-bond acceptors (Lipinski definition) is 16. The Morgan fingerprint density at radius 3 is 0.664 bits per heavy atom. The summed E-state index contributed by atoms with van der Waals surface area (Å²) in [5.41, 5.74) is 6.27. The number of ether oxygens (including phenoxy) is 8. The van der Waals surface area contributed by atoms with Crippen molar-refractivity contribution in [3.63, 3.8) is 0 Å². The van der Waals surface area contributed by atoms with Gasteiger partial charge in [-0.25, -0.2) is 0 Å². The van der Waals surface area contributed by atoms with Crippen LogP contribution in [0.25, 0.3) is 0 Å². The smallest absolute Gasteiger partial charge is 0.311 e. The normalized spacial score (nSPS) is 23.0. The molecule has 8 saturated carbocycles. The van der Waals surface area contributed by atoms with Gasteiger partial charge in [-0.1, -0.05) is 170 Å². The Bertz CT molecular complexity index is 5000. The molecule has 8 fully saturated rings. The van der Waals surface area contributed by atoms with Gasteiger partial charge in [0.2, 0.25) is 23.0 Å². The van der Waals surface area contributed by atoms with E-state index in [1.807, 2.05) is 170 Å². The molecule has 20 heteroatoms. The van der Waals surface area contributed by atoms with E-state index in [0.717, 1.165) is 99.3 Å². The highest BCUT2D eigenvalue weighted by Gasteiger charge is 2.75. The van der Waals surface area contributed by atoms with E-state index in [9.17, 15) is 40.5 Å². The molecule has 20 rings (SSSR count). The molecule has 116 heavy (non-hydrogen) atoms. The van der Waals surface area contributed by atoms with Crippen LogP contribution in [0.4, 0.5) is 22.7 Å². The number of nitro benzene ring substituents is 4. The fraction of sp³-hybridized carbons (Fsp3) is 0.250. The summed E-state index contributed by atoms with van der Waals surface area (Å²) in [4.78, 5) is 47.6. The van der Waals surface area contributed by atoms with E-state index in [1.54, 1.807) is 48.5 Å². The van der Waals surface area contributed by atoms with Crippen molar-refractivity contribution in [3.8, 4) is 69.0 Å². The van der Waals surface area contributed by atoms with Gasteiger partial charge in [-0.3, -0.25) is 40.5 Å². The van der Waals surface area contributed by atoms with Gasteiger partial charge in [-0.05, 0) is 239 Å². The first-order valence-corrected chi connectivity index (χ1v) is 39.3. The minimum atomic E-state index is -0.448. The second kappa shape index (κ2) is 30.2. The molecule has 0 N–H and O–H groups in total. The zero-order chi connectivity index (χ0) is 79.2. The molecule has 0 heterocycles. The molecule has 8 aliphatic rings. The monoisotopic (exact) mass is 1550 g/mol. The molecule has 8 bridgehead atoms. The van der Waals surface area contributed by atoms with Crippen LogP contribution in [-0.4, -0.2) is 19.7 Å². The van der Waals surface area contributed by atoms with Crippen molar-refractivity contribution in [2.45, 2.75) is 125 Å².